The van der Waals surface area contributed by atoms with E-state index in [9.17, 15) is 4.39 Å². The van der Waals surface area contributed by atoms with Crippen LogP contribution in [-0.2, 0) is 6.42 Å². The second-order valence-corrected chi connectivity index (χ2v) is 7.99. The highest BCUT2D eigenvalue weighted by Gasteiger charge is 2.25. The van der Waals surface area contributed by atoms with Crippen LogP contribution in [0.5, 0.6) is 0 Å². The first-order valence-corrected chi connectivity index (χ1v) is 10.2. The average molecular weight is 410 g/mol. The first-order valence-electron chi connectivity index (χ1n) is 9.78. The third-order valence-corrected chi connectivity index (χ3v) is 6.17. The van der Waals surface area contributed by atoms with Gasteiger partial charge in [0.25, 0.3) is 0 Å². The molecule has 144 valence electrons. The lowest BCUT2D eigenvalue weighted by Gasteiger charge is -2.16. The third kappa shape index (κ3) is 2.83. The molecule has 0 aromatic heterocycles. The second kappa shape index (κ2) is 7.13. The largest absolute Gasteiger partial charge is 0.206 e. The summed E-state index contributed by atoms with van der Waals surface area (Å²) in [5.74, 6) is -0.516. The molecule has 0 unspecified atom stereocenters. The number of halogens is 2. The van der Waals surface area contributed by atoms with E-state index in [1.165, 1.54) is 39.9 Å². The average Bonchev–Trinajstić information content (AvgIpc) is 3.13. The summed E-state index contributed by atoms with van der Waals surface area (Å²) in [6.07, 6.45) is 0.818. The Morgan fingerprint density at radius 3 is 2.43 bits per heavy atom. The van der Waals surface area contributed by atoms with E-state index in [4.69, 9.17) is 16.9 Å². The predicted molar refractivity (Wildman–Crippen MR) is 120 cm³/mol. The molecule has 3 heteroatoms. The van der Waals surface area contributed by atoms with E-state index >= 15 is 0 Å². The lowest BCUT2D eigenvalue weighted by Crippen LogP contribution is -1.93. The molecule has 4 aromatic rings. The molecule has 0 spiro atoms. The number of rotatable bonds is 2. The van der Waals surface area contributed by atoms with Crippen molar-refractivity contribution in [3.8, 4) is 39.4 Å². The van der Waals surface area contributed by atoms with E-state index in [2.05, 4.69) is 31.2 Å². The number of aryl methyl sites for hydroxylation is 1. The van der Waals surface area contributed by atoms with Crippen molar-refractivity contribution in [2.75, 3.05) is 0 Å². The van der Waals surface area contributed by atoms with Crippen LogP contribution in [0.25, 0.3) is 33.4 Å². The van der Waals surface area contributed by atoms with Crippen LogP contribution in [-0.4, -0.2) is 0 Å². The van der Waals surface area contributed by atoms with E-state index in [1.54, 1.807) is 6.07 Å². The van der Waals surface area contributed by atoms with E-state index in [0.29, 0.717) is 5.02 Å². The van der Waals surface area contributed by atoms with Crippen LogP contribution in [0.1, 0.15) is 22.3 Å². The normalized spacial score (nSPS) is 11.7. The van der Waals surface area contributed by atoms with Crippen LogP contribution in [0.4, 0.5) is 4.39 Å². The van der Waals surface area contributed by atoms with Gasteiger partial charge in [-0.3, -0.25) is 0 Å². The van der Waals surface area contributed by atoms with Gasteiger partial charge in [0.15, 0.2) is 0 Å². The molecule has 30 heavy (non-hydrogen) atoms. The number of hydrogen-bond donors (Lipinski definition) is 0. The number of nitriles is 1. The molecule has 0 bridgehead atoms. The summed E-state index contributed by atoms with van der Waals surface area (Å²) >= 11 is 6.75. The van der Waals surface area contributed by atoms with Crippen molar-refractivity contribution in [2.24, 2.45) is 0 Å². The van der Waals surface area contributed by atoms with Crippen LogP contribution in [0.2, 0.25) is 5.02 Å². The van der Waals surface area contributed by atoms with Gasteiger partial charge in [0.1, 0.15) is 11.9 Å². The molecule has 0 aliphatic heterocycles. The molecule has 0 atom stereocenters. The highest BCUT2D eigenvalue weighted by molar-refractivity contribution is 6.34. The summed E-state index contributed by atoms with van der Waals surface area (Å²) in [4.78, 5) is 0. The molecule has 0 heterocycles. The number of benzene rings is 4. The number of fused-ring (bicyclic) bond motifs is 3. The van der Waals surface area contributed by atoms with Crippen molar-refractivity contribution < 1.29 is 4.39 Å². The summed E-state index contributed by atoms with van der Waals surface area (Å²) < 4.78 is 14.3. The Labute approximate surface area is 180 Å². The molecule has 0 N–H and O–H groups in total. The van der Waals surface area contributed by atoms with Crippen LogP contribution in [0.15, 0.2) is 72.8 Å². The summed E-state index contributed by atoms with van der Waals surface area (Å²) in [6.45, 7) is 2.13. The van der Waals surface area contributed by atoms with Gasteiger partial charge in [-0.2, -0.15) is 5.26 Å². The Morgan fingerprint density at radius 2 is 1.67 bits per heavy atom. The van der Waals surface area contributed by atoms with Gasteiger partial charge in [0, 0.05) is 10.6 Å². The minimum Gasteiger partial charge on any atom is -0.206 e. The lowest BCUT2D eigenvalue weighted by molar-refractivity contribution is 0.624. The maximum absolute atomic E-state index is 14.3. The maximum atomic E-state index is 14.3. The van der Waals surface area contributed by atoms with Crippen LogP contribution < -0.4 is 0 Å². The summed E-state index contributed by atoms with van der Waals surface area (Å²) in [5.41, 5.74) is 9.87. The Morgan fingerprint density at radius 1 is 0.867 bits per heavy atom. The molecule has 0 saturated heterocycles. The first-order chi connectivity index (χ1) is 14.6. The Balaban J connectivity index is 1.75. The zero-order valence-corrected chi connectivity index (χ0v) is 17.1. The Hall–Kier alpha value is -3.41. The molecule has 1 nitrogen and oxygen atoms in total. The highest BCUT2D eigenvalue weighted by Crippen LogP contribution is 2.47. The molecular weight excluding hydrogens is 393 g/mol. The maximum Gasteiger partial charge on any atom is 0.141 e. The topological polar surface area (TPSA) is 23.8 Å². The monoisotopic (exact) mass is 409 g/mol. The fourth-order valence-electron chi connectivity index (χ4n) is 4.51. The molecule has 1 aliphatic carbocycles. The van der Waals surface area contributed by atoms with Crippen LogP contribution in [0, 0.1) is 24.1 Å². The molecule has 4 aromatic carbocycles. The molecular formula is C27H17ClFN. The van der Waals surface area contributed by atoms with Crippen molar-refractivity contribution in [1.29, 1.82) is 5.26 Å². The van der Waals surface area contributed by atoms with Crippen molar-refractivity contribution in [3.63, 3.8) is 0 Å². The van der Waals surface area contributed by atoms with Crippen molar-refractivity contribution in [3.05, 3.63) is 106 Å². The van der Waals surface area contributed by atoms with Crippen molar-refractivity contribution in [2.45, 2.75) is 13.3 Å². The molecule has 0 amide bonds. The van der Waals surface area contributed by atoms with E-state index in [0.717, 1.165) is 28.7 Å². The lowest BCUT2D eigenvalue weighted by atomic mass is 9.89. The second-order valence-electron chi connectivity index (χ2n) is 7.59. The molecule has 0 saturated carbocycles. The van der Waals surface area contributed by atoms with Gasteiger partial charge in [-0.25, -0.2) is 4.39 Å². The van der Waals surface area contributed by atoms with Crippen LogP contribution in [0.3, 0.4) is 0 Å². The van der Waals surface area contributed by atoms with E-state index < -0.39 is 5.82 Å². The number of hydrogen-bond acceptors (Lipinski definition) is 1. The molecule has 1 aliphatic rings. The zero-order chi connectivity index (χ0) is 20.8. The van der Waals surface area contributed by atoms with Gasteiger partial charge in [0.05, 0.1) is 5.56 Å². The predicted octanol–water partition coefficient (Wildman–Crippen LogP) is 7.56. The highest BCUT2D eigenvalue weighted by atomic mass is 35.5. The van der Waals surface area contributed by atoms with Gasteiger partial charge in [-0.05, 0) is 76.1 Å². The van der Waals surface area contributed by atoms with Crippen molar-refractivity contribution in [1.82, 2.24) is 0 Å². The summed E-state index contributed by atoms with van der Waals surface area (Å²) in [7, 11) is 0. The SMILES string of the molecule is Cc1cccc2c1-c1ccc(Cl)c(-c3ccccc3-c3ccc(C#N)c(F)c3)c1C2. The minimum atomic E-state index is -0.516. The fourth-order valence-corrected chi connectivity index (χ4v) is 4.78. The van der Waals surface area contributed by atoms with Gasteiger partial charge in [0.2, 0.25) is 0 Å². The molecule has 5 rings (SSSR count). The van der Waals surface area contributed by atoms with E-state index in [1.807, 2.05) is 36.4 Å². The fraction of sp³-hybridized carbons (Fsp3) is 0.0741. The van der Waals surface area contributed by atoms with Gasteiger partial charge < -0.3 is 0 Å². The quantitative estimate of drug-likeness (QED) is 0.295. The van der Waals surface area contributed by atoms with Gasteiger partial charge in [-0.15, -0.1) is 0 Å². The summed E-state index contributed by atoms with van der Waals surface area (Å²) in [6, 6.07) is 25.0. The number of nitrogens with zero attached hydrogens (tertiary/aromatic N) is 1. The van der Waals surface area contributed by atoms with E-state index in [-0.39, 0.29) is 5.56 Å². The summed E-state index contributed by atoms with van der Waals surface area (Å²) in [5, 5.41) is 9.74. The van der Waals surface area contributed by atoms with Gasteiger partial charge in [-0.1, -0.05) is 66.2 Å². The van der Waals surface area contributed by atoms with Crippen LogP contribution >= 0.6 is 11.6 Å². The standard InChI is InChI=1S/C27H17ClFN/c1-16-5-4-6-18-13-23-22(26(16)18)11-12-24(28)27(23)21-8-3-2-7-20(21)17-9-10-19(15-30)25(29)14-17/h2-12,14H,13H2,1H3. The van der Waals surface area contributed by atoms with Crippen molar-refractivity contribution >= 4 is 11.6 Å². The third-order valence-electron chi connectivity index (χ3n) is 5.85. The molecule has 0 radical (unpaired) electrons. The Kier molecular flexibility index (Phi) is 4.42. The minimum absolute atomic E-state index is 0.0424. The van der Waals surface area contributed by atoms with Gasteiger partial charge >= 0.3 is 0 Å². The molecule has 0 fully saturated rings. The first kappa shape index (κ1) is 18.6. The Bertz CT molecular complexity index is 1360. The zero-order valence-electron chi connectivity index (χ0n) is 16.3. The smallest absolute Gasteiger partial charge is 0.141 e.